The lowest BCUT2D eigenvalue weighted by molar-refractivity contribution is 0.0439. The molecule has 1 rings (SSSR count). The van der Waals surface area contributed by atoms with Gasteiger partial charge >= 0.3 is 0 Å². The number of hydrogen-bond donors (Lipinski definition) is 4. The van der Waals surface area contributed by atoms with Gasteiger partial charge in [0.2, 0.25) is 0 Å². The average molecular weight is 1470 g/mol. The minimum atomic E-state index is -1.82. The highest BCUT2D eigenvalue weighted by molar-refractivity contribution is 14.0. The molecule has 0 aliphatic carbocycles. The fraction of sp³-hybridized carbons (Fsp3) is 0.964. The van der Waals surface area contributed by atoms with E-state index in [9.17, 15) is 9.32 Å². The van der Waals surface area contributed by atoms with Crippen molar-refractivity contribution in [2.75, 3.05) is 17.5 Å². The topological polar surface area (TPSA) is 156 Å². The Balaban J connectivity index is -0.0000000222. The molecule has 0 bridgehead atoms. The molecule has 0 saturated heterocycles. The largest absolute Gasteiger partial charge is 0.459 e. The van der Waals surface area contributed by atoms with Gasteiger partial charge in [-0.3, -0.25) is 0 Å². The quantitative estimate of drug-likeness (QED) is 0.107. The van der Waals surface area contributed by atoms with Crippen molar-refractivity contribution < 1.29 is 19.9 Å². The van der Waals surface area contributed by atoms with Crippen molar-refractivity contribution >= 4 is 113 Å². The van der Waals surface area contributed by atoms with E-state index in [0.717, 1.165) is 12.8 Å². The van der Waals surface area contributed by atoms with Crippen LogP contribution < -0.4 is 16.2 Å². The third kappa shape index (κ3) is 115. The number of rotatable bonds is 8. The lowest BCUT2D eigenvalue weighted by Gasteiger charge is -2.45. The van der Waals surface area contributed by atoms with Gasteiger partial charge in [0.25, 0.3) is 6.02 Å². The molecule has 1 unspecified atom stereocenters. The molecule has 72 heavy (non-hydrogen) atoms. The molecule has 0 spiro atoms. The fourth-order valence-electron chi connectivity index (χ4n) is 5.22. The zero-order chi connectivity index (χ0) is 55.3. The van der Waals surface area contributed by atoms with Gasteiger partial charge in [0, 0.05) is 34.9 Å². The van der Waals surface area contributed by atoms with E-state index in [1.807, 2.05) is 149 Å². The molecule has 0 saturated carbocycles. The predicted molar refractivity (Wildman–Crippen MR) is 385 cm³/mol. The summed E-state index contributed by atoms with van der Waals surface area (Å²) in [6.07, 6.45) is 2.34. The zero-order valence-corrected chi connectivity index (χ0v) is 59.7. The van der Waals surface area contributed by atoms with Gasteiger partial charge in [0.05, 0.1) is 32.5 Å². The number of aliphatic hydroxyl groups is 1. The number of alkyl halides is 3. The second-order valence-electron chi connectivity index (χ2n) is 18.5. The first-order valence-corrected chi connectivity index (χ1v) is 32.4. The van der Waals surface area contributed by atoms with Crippen LogP contribution in [-0.4, -0.2) is 79.3 Å². The first-order valence-electron chi connectivity index (χ1n) is 22.8. The van der Waals surface area contributed by atoms with E-state index in [2.05, 4.69) is 149 Å². The van der Waals surface area contributed by atoms with Crippen LogP contribution in [0.15, 0.2) is 4.99 Å². The molecule has 1 aliphatic rings. The monoisotopic (exact) mass is 1460 g/mol. The number of halogens is 5. The second kappa shape index (κ2) is 76.8. The number of ether oxygens (including phenoxy) is 1. The maximum absolute atomic E-state index is 12.4. The number of nitrogens with zero attached hydrogens (tertiary/aromatic N) is 2. The van der Waals surface area contributed by atoms with E-state index in [0.29, 0.717) is 12.4 Å². The first-order chi connectivity index (χ1) is 28.2. The molecule has 1 heterocycles. The summed E-state index contributed by atoms with van der Waals surface area (Å²) in [7, 11) is -2.90. The van der Waals surface area contributed by atoms with Crippen LogP contribution in [-0.2, 0) is 20.1 Å². The summed E-state index contributed by atoms with van der Waals surface area (Å²) in [5.74, 6) is 5.44. The summed E-state index contributed by atoms with van der Waals surface area (Å²) in [5, 5.41) is 16.7. The summed E-state index contributed by atoms with van der Waals surface area (Å²) in [6.45, 7) is 65.3. The maximum Gasteiger partial charge on any atom is 0.282 e. The van der Waals surface area contributed by atoms with E-state index in [-0.39, 0.29) is 122 Å². The smallest absolute Gasteiger partial charge is 0.282 e. The number of nitriles is 1. The molecule has 0 amide bonds. The van der Waals surface area contributed by atoms with Gasteiger partial charge in [-0.25, -0.2) is 13.9 Å². The van der Waals surface area contributed by atoms with Crippen molar-refractivity contribution in [1.82, 2.24) is 4.72 Å². The molecule has 0 radical (unpaired) electrons. The standard InChI is InChI=1S/C17H39NO2SSi.C8H16N2O.C7H17NO.6C2H6.CBrN.3CH3Br.8CH4.HI.H2/c1-14(2,3)21(19)18-16(7,8)13-17(9,10)20-22(11,12)15(4,5)6;1-7(2)5-8(3,4)11-6(9)10-7;1-6(2,8)5-7(3,4)9;6*1-2;2-1-3;3*1-2;;;;;;;;;;/h18H,13H2,1-12H3;5H2,1-4H3,(H2,9,10);9H,5,8H2,1-4H3;6*1-2H3;;3*1H3;8*1H4;2*1H. The summed E-state index contributed by atoms with van der Waals surface area (Å²) >= 11 is 11.3. The van der Waals surface area contributed by atoms with Crippen LogP contribution in [0.2, 0.25) is 18.1 Å². The highest BCUT2D eigenvalue weighted by Gasteiger charge is 2.43. The molecule has 6 N–H and O–H groups in total. The molecule has 9 nitrogen and oxygen atoms in total. The third-order valence-corrected chi connectivity index (χ3v) is 13.2. The Morgan fingerprint density at radius 1 is 0.694 bits per heavy atom. The van der Waals surface area contributed by atoms with Gasteiger partial charge in [-0.1, -0.05) is 211 Å². The second-order valence-corrected chi connectivity index (χ2v) is 25.6. The van der Waals surface area contributed by atoms with E-state index >= 15 is 0 Å². The Labute approximate surface area is 520 Å². The predicted octanol–water partition coefficient (Wildman–Crippen LogP) is 23.2. The molecule has 0 fully saturated rings. The fourth-order valence-corrected chi connectivity index (χ4v) is 7.86. The van der Waals surface area contributed by atoms with Crippen molar-refractivity contribution in [2.24, 2.45) is 16.5 Å². The Bertz CT molecular complexity index is 1020. The van der Waals surface area contributed by atoms with Gasteiger partial charge < -0.3 is 25.7 Å². The van der Waals surface area contributed by atoms with Gasteiger partial charge in [-0.05, 0) is 152 Å². The number of aliphatic imine (C=N–C) groups is 1. The molecular formula is C56H152Br4IN5O4SSi. The first kappa shape index (κ1) is 140. The summed E-state index contributed by atoms with van der Waals surface area (Å²) < 4.78 is 27.3. The van der Waals surface area contributed by atoms with Crippen LogP contribution in [0.5, 0.6) is 0 Å². The van der Waals surface area contributed by atoms with Crippen LogP contribution in [0.4, 0.5) is 0 Å². The molecule has 0 aromatic rings. The van der Waals surface area contributed by atoms with Crippen LogP contribution in [0.25, 0.3) is 0 Å². The van der Waals surface area contributed by atoms with Crippen LogP contribution in [0.3, 0.4) is 0 Å². The average Bonchev–Trinajstić information content (AvgIpc) is 3.12. The highest BCUT2D eigenvalue weighted by Crippen LogP contribution is 2.40. The number of amidine groups is 1. The van der Waals surface area contributed by atoms with Gasteiger partial charge in [-0.2, -0.15) is 5.26 Å². The van der Waals surface area contributed by atoms with Gasteiger partial charge in [0.15, 0.2) is 8.32 Å². The van der Waals surface area contributed by atoms with Gasteiger partial charge in [0.1, 0.15) is 10.6 Å². The third-order valence-electron chi connectivity index (χ3n) is 6.67. The number of nitrogens with two attached hydrogens (primary N) is 2. The van der Waals surface area contributed by atoms with E-state index in [4.69, 9.17) is 25.9 Å². The maximum atomic E-state index is 12.4. The molecule has 1 aliphatic heterocycles. The molecule has 0 aromatic carbocycles. The molecule has 1 atom stereocenters. The molecular weight excluding hydrogens is 1310 g/mol. The Morgan fingerprint density at radius 2 is 0.944 bits per heavy atom. The Morgan fingerprint density at radius 3 is 1.10 bits per heavy atom. The minimum absolute atomic E-state index is 0. The van der Waals surface area contributed by atoms with Crippen LogP contribution in [0.1, 0.15) is 288 Å². The SMILES string of the molecule is C.C.C.C.C.C.C.C.CBr.CBr.CBr.CC.CC.CC.CC.CC.CC.CC(C)(CC(C)(C)O[Si](C)(C)C(C)(C)C)NS(=O)C(C)(C)C.CC(C)(N)CC(C)(C)O.CC1(C)CC(C)(C)OC(N)=N1.I.N#CBr.[HH]. The van der Waals surface area contributed by atoms with Crippen LogP contribution in [0, 0.1) is 10.2 Å². The van der Waals surface area contributed by atoms with E-state index in [1.54, 1.807) is 18.8 Å². The van der Waals surface area contributed by atoms with Crippen molar-refractivity contribution in [3.05, 3.63) is 0 Å². The van der Waals surface area contributed by atoms with Crippen LogP contribution >= 0.6 is 87.7 Å². The van der Waals surface area contributed by atoms with Crippen molar-refractivity contribution in [1.29, 1.82) is 5.26 Å². The minimum Gasteiger partial charge on any atom is -0.459 e. The lowest BCUT2D eigenvalue weighted by Crippen LogP contribution is -2.53. The zero-order valence-electron chi connectivity index (χ0n) is 49.2. The van der Waals surface area contributed by atoms with Crippen molar-refractivity contribution in [3.63, 3.8) is 0 Å². The Hall–Kier alpha value is 1.62. The highest BCUT2D eigenvalue weighted by atomic mass is 127. The van der Waals surface area contributed by atoms with Crippen molar-refractivity contribution in [2.45, 2.75) is 343 Å². The number of hydrogen-bond acceptors (Lipinski definition) is 8. The normalized spacial score (nSPS) is 11.9. The summed E-state index contributed by atoms with van der Waals surface area (Å²) in [6, 6.07) is 0.311. The number of nitrogens with one attached hydrogen (secondary N) is 1. The lowest BCUT2D eigenvalue weighted by atomic mass is 9.89. The van der Waals surface area contributed by atoms with E-state index < -0.39 is 24.9 Å². The Kier molecular flexibility index (Phi) is 150. The van der Waals surface area contributed by atoms with Crippen molar-refractivity contribution in [3.8, 4) is 4.98 Å². The summed E-state index contributed by atoms with van der Waals surface area (Å²) in [4.78, 5) is 5.74. The van der Waals surface area contributed by atoms with E-state index in [1.165, 1.54) is 0 Å². The van der Waals surface area contributed by atoms with Gasteiger partial charge in [-0.15, -0.1) is 24.0 Å². The summed E-state index contributed by atoms with van der Waals surface area (Å²) in [5.41, 5.74) is 9.53. The molecule has 0 aromatic heterocycles. The molecule has 470 valence electrons. The molecule has 16 heteroatoms.